The lowest BCUT2D eigenvalue weighted by Gasteiger charge is -2.05. The van der Waals surface area contributed by atoms with Gasteiger partial charge in [-0.2, -0.15) is 0 Å². The topological polar surface area (TPSA) is 57.4 Å². The summed E-state index contributed by atoms with van der Waals surface area (Å²) in [5, 5.41) is 16.0. The molecule has 0 aliphatic rings. The highest BCUT2D eigenvalue weighted by molar-refractivity contribution is 5.85. The van der Waals surface area contributed by atoms with Crippen LogP contribution in [0.1, 0.15) is 30.8 Å². The molecular formula is C17H26Cl2N2O2. The minimum Gasteiger partial charge on any atom is -0.460 e. The largest absolute Gasteiger partial charge is 0.460 e. The van der Waals surface area contributed by atoms with E-state index in [0.717, 1.165) is 48.7 Å². The SMILES string of the molecule is CNCCCNCc1ccc(-c2ccc(C(C)O)cc2)o1.Cl.Cl. The average molecular weight is 361 g/mol. The summed E-state index contributed by atoms with van der Waals surface area (Å²) < 4.78 is 5.84. The third-order valence-electron chi connectivity index (χ3n) is 3.42. The van der Waals surface area contributed by atoms with E-state index in [2.05, 4.69) is 10.6 Å². The van der Waals surface area contributed by atoms with Gasteiger partial charge in [-0.15, -0.1) is 24.8 Å². The molecule has 0 fully saturated rings. The van der Waals surface area contributed by atoms with Crippen molar-refractivity contribution in [3.8, 4) is 11.3 Å². The molecule has 0 saturated heterocycles. The molecular weight excluding hydrogens is 335 g/mol. The van der Waals surface area contributed by atoms with Crippen LogP contribution in [0.2, 0.25) is 0 Å². The smallest absolute Gasteiger partial charge is 0.134 e. The molecule has 3 N–H and O–H groups in total. The molecule has 0 saturated carbocycles. The van der Waals surface area contributed by atoms with E-state index in [4.69, 9.17) is 4.42 Å². The van der Waals surface area contributed by atoms with Gasteiger partial charge in [0.2, 0.25) is 0 Å². The number of aliphatic hydroxyl groups is 1. The summed E-state index contributed by atoms with van der Waals surface area (Å²) in [5.74, 6) is 1.80. The minimum atomic E-state index is -0.437. The van der Waals surface area contributed by atoms with Gasteiger partial charge in [0, 0.05) is 5.56 Å². The second kappa shape index (κ2) is 11.5. The summed E-state index contributed by atoms with van der Waals surface area (Å²) in [5.41, 5.74) is 1.94. The molecule has 1 aromatic carbocycles. The number of halogens is 2. The zero-order valence-electron chi connectivity index (χ0n) is 13.5. The molecule has 0 aliphatic heterocycles. The first-order chi connectivity index (χ1) is 10.2. The van der Waals surface area contributed by atoms with Gasteiger partial charge >= 0.3 is 0 Å². The molecule has 2 aromatic rings. The maximum absolute atomic E-state index is 9.51. The fraction of sp³-hybridized carbons (Fsp3) is 0.412. The molecule has 0 amide bonds. The van der Waals surface area contributed by atoms with E-state index in [1.807, 2.05) is 43.4 Å². The van der Waals surface area contributed by atoms with Crippen LogP contribution in [0.3, 0.4) is 0 Å². The van der Waals surface area contributed by atoms with Crippen LogP contribution in [0.5, 0.6) is 0 Å². The Hall–Kier alpha value is -1.04. The van der Waals surface area contributed by atoms with Crippen LogP contribution in [-0.4, -0.2) is 25.2 Å². The number of hydrogen-bond acceptors (Lipinski definition) is 4. The van der Waals surface area contributed by atoms with Gasteiger partial charge in [-0.25, -0.2) is 0 Å². The molecule has 0 spiro atoms. The Morgan fingerprint density at radius 2 is 1.74 bits per heavy atom. The summed E-state index contributed by atoms with van der Waals surface area (Å²) in [7, 11) is 1.96. The van der Waals surface area contributed by atoms with Crippen molar-refractivity contribution in [1.82, 2.24) is 10.6 Å². The van der Waals surface area contributed by atoms with E-state index >= 15 is 0 Å². The minimum absolute atomic E-state index is 0. The third-order valence-corrected chi connectivity index (χ3v) is 3.42. The van der Waals surface area contributed by atoms with Crippen molar-refractivity contribution in [1.29, 1.82) is 0 Å². The van der Waals surface area contributed by atoms with Crippen LogP contribution in [0, 0.1) is 0 Å². The Morgan fingerprint density at radius 3 is 2.35 bits per heavy atom. The maximum Gasteiger partial charge on any atom is 0.134 e. The van der Waals surface area contributed by atoms with Crippen molar-refractivity contribution in [3.05, 3.63) is 47.7 Å². The number of benzene rings is 1. The first-order valence-corrected chi connectivity index (χ1v) is 7.43. The number of rotatable bonds is 8. The Balaban J connectivity index is 0.00000242. The molecule has 1 heterocycles. The van der Waals surface area contributed by atoms with Gasteiger partial charge in [-0.05, 0) is 51.2 Å². The van der Waals surface area contributed by atoms with E-state index in [9.17, 15) is 5.11 Å². The van der Waals surface area contributed by atoms with Gasteiger partial charge in [-0.3, -0.25) is 0 Å². The predicted octanol–water partition coefficient (Wildman–Crippen LogP) is 3.54. The Morgan fingerprint density at radius 1 is 1.04 bits per heavy atom. The molecule has 1 unspecified atom stereocenters. The van der Waals surface area contributed by atoms with Gasteiger partial charge in [0.1, 0.15) is 11.5 Å². The molecule has 1 atom stereocenters. The van der Waals surface area contributed by atoms with Crippen molar-refractivity contribution in [2.75, 3.05) is 20.1 Å². The average Bonchev–Trinajstić information content (AvgIpc) is 2.96. The van der Waals surface area contributed by atoms with Gasteiger partial charge in [0.15, 0.2) is 0 Å². The fourth-order valence-corrected chi connectivity index (χ4v) is 2.16. The van der Waals surface area contributed by atoms with Crippen molar-refractivity contribution < 1.29 is 9.52 Å². The van der Waals surface area contributed by atoms with Crippen LogP contribution >= 0.6 is 24.8 Å². The van der Waals surface area contributed by atoms with Crippen molar-refractivity contribution >= 4 is 24.8 Å². The number of hydrogen-bond donors (Lipinski definition) is 3. The van der Waals surface area contributed by atoms with Crippen LogP contribution < -0.4 is 10.6 Å². The van der Waals surface area contributed by atoms with Crippen LogP contribution in [0.15, 0.2) is 40.8 Å². The zero-order chi connectivity index (χ0) is 15.1. The lowest BCUT2D eigenvalue weighted by atomic mass is 10.1. The van der Waals surface area contributed by atoms with Crippen molar-refractivity contribution in [2.24, 2.45) is 0 Å². The van der Waals surface area contributed by atoms with Gasteiger partial charge in [0.25, 0.3) is 0 Å². The molecule has 23 heavy (non-hydrogen) atoms. The first-order valence-electron chi connectivity index (χ1n) is 7.43. The molecule has 0 bridgehead atoms. The van der Waals surface area contributed by atoms with Gasteiger partial charge in [-0.1, -0.05) is 24.3 Å². The van der Waals surface area contributed by atoms with E-state index in [0.29, 0.717) is 0 Å². The highest BCUT2D eigenvalue weighted by Crippen LogP contribution is 2.24. The second-order valence-corrected chi connectivity index (χ2v) is 5.20. The molecule has 4 nitrogen and oxygen atoms in total. The predicted molar refractivity (Wildman–Crippen MR) is 99.5 cm³/mol. The maximum atomic E-state index is 9.51. The molecule has 1 aromatic heterocycles. The Kier molecular flexibility index (Phi) is 11.0. The highest BCUT2D eigenvalue weighted by Gasteiger charge is 2.06. The highest BCUT2D eigenvalue weighted by atomic mass is 35.5. The molecule has 0 aliphatic carbocycles. The number of furan rings is 1. The zero-order valence-corrected chi connectivity index (χ0v) is 15.2. The molecule has 6 heteroatoms. The summed E-state index contributed by atoms with van der Waals surface area (Å²) in [6.45, 7) is 4.50. The van der Waals surface area contributed by atoms with Crippen LogP contribution in [-0.2, 0) is 6.54 Å². The summed E-state index contributed by atoms with van der Waals surface area (Å²) in [6, 6.07) is 11.8. The quantitative estimate of drug-likeness (QED) is 0.630. The van der Waals surface area contributed by atoms with Crippen molar-refractivity contribution in [3.63, 3.8) is 0 Å². The van der Waals surface area contributed by atoms with Crippen molar-refractivity contribution in [2.45, 2.75) is 26.0 Å². The lowest BCUT2D eigenvalue weighted by molar-refractivity contribution is 0.199. The number of aliphatic hydroxyl groups excluding tert-OH is 1. The van der Waals surface area contributed by atoms with Gasteiger partial charge < -0.3 is 20.2 Å². The molecule has 0 radical (unpaired) electrons. The number of nitrogens with one attached hydrogen (secondary N) is 2. The van der Waals surface area contributed by atoms with E-state index in [-0.39, 0.29) is 24.8 Å². The van der Waals surface area contributed by atoms with Gasteiger partial charge in [0.05, 0.1) is 12.6 Å². The van der Waals surface area contributed by atoms with E-state index < -0.39 is 6.10 Å². The molecule has 2 rings (SSSR count). The fourth-order valence-electron chi connectivity index (χ4n) is 2.16. The van der Waals surface area contributed by atoms with E-state index in [1.54, 1.807) is 6.92 Å². The summed E-state index contributed by atoms with van der Waals surface area (Å²) in [4.78, 5) is 0. The summed E-state index contributed by atoms with van der Waals surface area (Å²) in [6.07, 6.45) is 0.665. The monoisotopic (exact) mass is 360 g/mol. The summed E-state index contributed by atoms with van der Waals surface area (Å²) >= 11 is 0. The third kappa shape index (κ3) is 6.94. The standard InChI is InChI=1S/C17H24N2O2.2ClH/c1-13(20)14-4-6-15(7-5-14)17-9-8-16(21-17)12-19-11-3-10-18-2;;/h4-9,13,18-20H,3,10-12H2,1-2H3;2*1H. The normalized spacial score (nSPS) is 11.4. The van der Waals surface area contributed by atoms with Crippen LogP contribution in [0.25, 0.3) is 11.3 Å². The lowest BCUT2D eigenvalue weighted by Crippen LogP contribution is -2.19. The second-order valence-electron chi connectivity index (χ2n) is 5.20. The first kappa shape index (κ1) is 22.0. The van der Waals surface area contributed by atoms with E-state index in [1.165, 1.54) is 0 Å². The van der Waals surface area contributed by atoms with Crippen LogP contribution in [0.4, 0.5) is 0 Å². The molecule has 130 valence electrons. The Labute approximate surface area is 150 Å². The Bertz CT molecular complexity index is 542.